The van der Waals surface area contributed by atoms with Crippen LogP contribution in [0.4, 0.5) is 0 Å². The predicted octanol–water partition coefficient (Wildman–Crippen LogP) is 3.56. The number of amides is 1. The third-order valence-corrected chi connectivity index (χ3v) is 12.0. The van der Waals surface area contributed by atoms with E-state index in [1.54, 1.807) is 30.3 Å². The Morgan fingerprint density at radius 2 is 1.11 bits per heavy atom. The van der Waals surface area contributed by atoms with E-state index in [-0.39, 0.29) is 22.4 Å². The molecule has 2 aliphatic heterocycles. The number of carbonyl (C=O) groups is 10. The summed E-state index contributed by atoms with van der Waals surface area (Å²) in [4.78, 5) is 135. The smallest absolute Gasteiger partial charge is 0.366 e. The van der Waals surface area contributed by atoms with E-state index in [0.29, 0.717) is 5.75 Å². The zero-order chi connectivity index (χ0) is 58.8. The molecule has 432 valence electrons. The first-order valence-corrected chi connectivity index (χ1v) is 24.9. The van der Waals surface area contributed by atoms with Crippen LogP contribution < -0.4 is 14.8 Å². The molecule has 25 nitrogen and oxygen atoms in total. The van der Waals surface area contributed by atoms with E-state index in [1.165, 1.54) is 92.0 Å². The van der Waals surface area contributed by atoms with Crippen LogP contribution in [0.1, 0.15) is 72.1 Å². The Kier molecular flexibility index (Phi) is 21.8. The summed E-state index contributed by atoms with van der Waals surface area (Å²) in [6, 6.07) is 26.7. The van der Waals surface area contributed by atoms with Crippen LogP contribution in [-0.4, -0.2) is 161 Å². The van der Waals surface area contributed by atoms with E-state index in [9.17, 15) is 43.2 Å². The van der Waals surface area contributed by atoms with E-state index in [2.05, 4.69) is 5.32 Å². The SMILES string of the molecule is COC(=O)[C@@]1(O[C@@H]2[C@H](OC(=O)c3ccccc3)[C@H](Oc3ccc(OC)cc3)O[C@@H](COC(=O)c3ccccc3)[C@@H]2OC(=O)c2ccccc2)C[C@@H](OC(C)=O)[C@@H](NC(=O)COC(C)=O)[C@H]([C@H](OC(C)=O)[C@@H](COC(C)=O)OC(C)=O)O1. The average molecular weight is 1130 g/mol. The van der Waals surface area contributed by atoms with E-state index in [1.807, 2.05) is 0 Å². The van der Waals surface area contributed by atoms with Gasteiger partial charge in [0.25, 0.3) is 11.7 Å². The predicted molar refractivity (Wildman–Crippen MR) is 271 cm³/mol. The van der Waals surface area contributed by atoms with Gasteiger partial charge in [-0.1, -0.05) is 54.6 Å². The van der Waals surface area contributed by atoms with Gasteiger partial charge in [0, 0.05) is 34.6 Å². The first-order valence-electron chi connectivity index (χ1n) is 24.9. The lowest BCUT2D eigenvalue weighted by atomic mass is 9.87. The van der Waals surface area contributed by atoms with Gasteiger partial charge in [0.05, 0.1) is 43.4 Å². The third-order valence-electron chi connectivity index (χ3n) is 12.0. The fraction of sp³-hybridized carbons (Fsp3) is 0.393. The van der Waals surface area contributed by atoms with Crippen molar-refractivity contribution in [2.45, 2.75) is 108 Å². The van der Waals surface area contributed by atoms with Crippen molar-refractivity contribution in [1.29, 1.82) is 0 Å². The Labute approximate surface area is 463 Å². The molecule has 2 fully saturated rings. The molecule has 0 radical (unpaired) electrons. The minimum absolute atomic E-state index is 0.0347. The van der Waals surface area contributed by atoms with Gasteiger partial charge in [-0.15, -0.1) is 0 Å². The van der Waals surface area contributed by atoms with Crippen molar-refractivity contribution in [3.05, 3.63) is 132 Å². The minimum atomic E-state index is -3.13. The lowest BCUT2D eigenvalue weighted by Gasteiger charge is -2.51. The minimum Gasteiger partial charge on any atom is -0.497 e. The molecular weight excluding hydrogens is 1070 g/mol. The molecule has 0 bridgehead atoms. The maximum Gasteiger partial charge on any atom is 0.366 e. The normalized spacial score (nSPS) is 22.8. The van der Waals surface area contributed by atoms with Crippen LogP contribution in [-0.2, 0) is 90.4 Å². The Balaban J connectivity index is 1.63. The standard InChI is InChI=1S/C56H59NO24/c1-31(58)70-28-42(74-34(4)61)46(75-35(5)62)48-45(57-44(63)30-71-32(2)59)41(73-33(3)60)27-56(80-48,55(67)69-7)81-49-47(78-52(65)37-19-13-9-14-20-37)43(29-72-51(64)36-17-11-8-12-18-36)77-54(76-40-25-23-39(68-6)24-26-40)50(49)79-53(66)38-21-15-10-16-22-38/h8-26,41-43,45-50,54H,27-30H2,1-7H3,(H,57,63)/t41-,42-,43+,45-,46-,47+,48-,49+,50+,54-,56+/m1/s1. The summed E-state index contributed by atoms with van der Waals surface area (Å²) in [6.07, 6.45) is -18.9. The van der Waals surface area contributed by atoms with E-state index < -0.39 is 153 Å². The van der Waals surface area contributed by atoms with Crippen LogP contribution in [0.2, 0.25) is 0 Å². The van der Waals surface area contributed by atoms with Crippen LogP contribution in [0, 0.1) is 0 Å². The molecule has 81 heavy (non-hydrogen) atoms. The van der Waals surface area contributed by atoms with Gasteiger partial charge in [-0.3, -0.25) is 28.8 Å². The molecule has 1 amide bonds. The summed E-state index contributed by atoms with van der Waals surface area (Å²) in [7, 11) is 2.31. The molecule has 0 unspecified atom stereocenters. The Bertz CT molecular complexity index is 2850. The summed E-state index contributed by atoms with van der Waals surface area (Å²) >= 11 is 0. The fourth-order valence-corrected chi connectivity index (χ4v) is 8.54. The van der Waals surface area contributed by atoms with Crippen molar-refractivity contribution in [1.82, 2.24) is 5.32 Å². The number of benzene rings is 4. The maximum atomic E-state index is 15.1. The largest absolute Gasteiger partial charge is 0.497 e. The molecule has 2 aliphatic rings. The van der Waals surface area contributed by atoms with Crippen molar-refractivity contribution in [3.63, 3.8) is 0 Å². The van der Waals surface area contributed by atoms with Crippen LogP contribution in [0.25, 0.3) is 0 Å². The van der Waals surface area contributed by atoms with Crippen molar-refractivity contribution < 1.29 is 114 Å². The van der Waals surface area contributed by atoms with Crippen LogP contribution in [0.5, 0.6) is 11.5 Å². The number of ether oxygens (including phenoxy) is 14. The van der Waals surface area contributed by atoms with Gasteiger partial charge in [0.15, 0.2) is 31.0 Å². The van der Waals surface area contributed by atoms with E-state index in [0.717, 1.165) is 41.7 Å². The summed E-state index contributed by atoms with van der Waals surface area (Å²) in [5.41, 5.74) is -0.0261. The van der Waals surface area contributed by atoms with Crippen LogP contribution in [0.15, 0.2) is 115 Å². The number of methoxy groups -OCH3 is 2. The highest BCUT2D eigenvalue weighted by molar-refractivity contribution is 5.91. The number of hydrogen-bond acceptors (Lipinski definition) is 24. The Hall–Kier alpha value is -8.94. The van der Waals surface area contributed by atoms with Gasteiger partial charge in [-0.25, -0.2) is 19.2 Å². The summed E-state index contributed by atoms with van der Waals surface area (Å²) in [5.74, 6) is -13.4. The molecule has 2 saturated heterocycles. The third kappa shape index (κ3) is 17.0. The zero-order valence-electron chi connectivity index (χ0n) is 44.9. The fourth-order valence-electron chi connectivity index (χ4n) is 8.54. The van der Waals surface area contributed by atoms with Gasteiger partial charge in [-0.2, -0.15) is 0 Å². The lowest BCUT2D eigenvalue weighted by Crippen LogP contribution is -2.72. The van der Waals surface area contributed by atoms with Gasteiger partial charge < -0.3 is 71.6 Å². The molecular formula is C56H59NO24. The number of esters is 9. The molecule has 2 heterocycles. The quantitative estimate of drug-likeness (QED) is 0.0820. The van der Waals surface area contributed by atoms with Crippen molar-refractivity contribution in [2.75, 3.05) is 34.0 Å². The highest BCUT2D eigenvalue weighted by Crippen LogP contribution is 2.42. The first-order chi connectivity index (χ1) is 38.7. The molecule has 1 N–H and O–H groups in total. The molecule has 0 spiro atoms. The van der Waals surface area contributed by atoms with Crippen LogP contribution in [0.3, 0.4) is 0 Å². The van der Waals surface area contributed by atoms with Crippen molar-refractivity contribution in [3.8, 4) is 11.5 Å². The Morgan fingerprint density at radius 1 is 0.580 bits per heavy atom. The van der Waals surface area contributed by atoms with Gasteiger partial charge in [0.2, 0.25) is 6.29 Å². The molecule has 11 atom stereocenters. The second kappa shape index (κ2) is 28.8. The topological polar surface area (TPSA) is 312 Å². The zero-order valence-corrected chi connectivity index (χ0v) is 44.9. The number of hydrogen-bond donors (Lipinski definition) is 1. The van der Waals surface area contributed by atoms with Crippen LogP contribution >= 0.6 is 0 Å². The molecule has 0 aliphatic carbocycles. The molecule has 0 aromatic heterocycles. The molecule has 4 aromatic carbocycles. The van der Waals surface area contributed by atoms with E-state index in [4.69, 9.17) is 66.3 Å². The maximum absolute atomic E-state index is 15.1. The second-order valence-electron chi connectivity index (χ2n) is 17.9. The number of nitrogens with one attached hydrogen (secondary N) is 1. The molecule has 25 heteroatoms. The number of carbonyl (C=O) groups excluding carboxylic acids is 10. The highest BCUT2D eigenvalue weighted by Gasteiger charge is 2.64. The highest BCUT2D eigenvalue weighted by atomic mass is 16.8. The second-order valence-corrected chi connectivity index (χ2v) is 17.9. The Morgan fingerprint density at radius 3 is 1.62 bits per heavy atom. The molecule has 4 aromatic rings. The van der Waals surface area contributed by atoms with Crippen molar-refractivity contribution >= 4 is 59.6 Å². The monoisotopic (exact) mass is 1130 g/mol. The van der Waals surface area contributed by atoms with E-state index >= 15 is 4.79 Å². The summed E-state index contributed by atoms with van der Waals surface area (Å²) in [5, 5.41) is 2.50. The van der Waals surface area contributed by atoms with Gasteiger partial charge >= 0.3 is 53.7 Å². The molecule has 0 saturated carbocycles. The van der Waals surface area contributed by atoms with Gasteiger partial charge in [0.1, 0.15) is 49.1 Å². The van der Waals surface area contributed by atoms with Crippen molar-refractivity contribution in [2.24, 2.45) is 0 Å². The molecule has 6 rings (SSSR count). The van der Waals surface area contributed by atoms with Gasteiger partial charge in [-0.05, 0) is 60.7 Å². The summed E-state index contributed by atoms with van der Waals surface area (Å²) < 4.78 is 82.8. The number of rotatable bonds is 23. The summed E-state index contributed by atoms with van der Waals surface area (Å²) in [6.45, 7) is 2.20. The lowest BCUT2D eigenvalue weighted by molar-refractivity contribution is -0.362. The first kappa shape index (κ1) is 61.3. The average Bonchev–Trinajstić information content (AvgIpc) is 3.44.